The van der Waals surface area contributed by atoms with Crippen LogP contribution >= 0.6 is 0 Å². The third-order valence-corrected chi connectivity index (χ3v) is 3.04. The molecule has 6 nitrogen and oxygen atoms in total. The fourth-order valence-corrected chi connectivity index (χ4v) is 1.90. The number of carbonyl (C=O) groups is 3. The van der Waals surface area contributed by atoms with Crippen molar-refractivity contribution in [2.45, 2.75) is 12.8 Å². The van der Waals surface area contributed by atoms with Crippen LogP contribution in [0.1, 0.15) is 23.2 Å². The molecule has 100 valence electrons. The molecule has 1 unspecified atom stereocenters. The smallest absolute Gasteiger partial charge is 0.335 e. The van der Waals surface area contributed by atoms with Gasteiger partial charge in [0.25, 0.3) is 0 Å². The molecule has 0 aliphatic carbocycles. The van der Waals surface area contributed by atoms with E-state index in [-0.39, 0.29) is 23.3 Å². The Morgan fingerprint density at radius 3 is 2.47 bits per heavy atom. The number of carboxylic acids is 1. The number of rotatable bonds is 3. The van der Waals surface area contributed by atoms with Gasteiger partial charge in [0.2, 0.25) is 11.8 Å². The molecular formula is C13H14N2O4. The van der Waals surface area contributed by atoms with Crippen LogP contribution in [-0.2, 0) is 9.59 Å². The van der Waals surface area contributed by atoms with E-state index in [1.807, 2.05) is 0 Å². The van der Waals surface area contributed by atoms with Gasteiger partial charge in [0.1, 0.15) is 0 Å². The van der Waals surface area contributed by atoms with Crippen molar-refractivity contribution in [3.63, 3.8) is 0 Å². The first-order chi connectivity index (χ1) is 9.06. The standard InChI is InChI=1S/C13H14N2O4/c16-11-6-3-9(7-14-11)12(17)15-10-4-1-8(2-5-10)13(18)19/h1-2,4-5,9H,3,6-7H2,(H,14,16)(H,15,17)(H,18,19). The molecule has 19 heavy (non-hydrogen) atoms. The van der Waals surface area contributed by atoms with E-state index in [1.165, 1.54) is 12.1 Å². The van der Waals surface area contributed by atoms with Crippen LogP contribution in [-0.4, -0.2) is 29.4 Å². The molecule has 3 N–H and O–H groups in total. The number of piperidine rings is 1. The quantitative estimate of drug-likeness (QED) is 0.752. The number of benzene rings is 1. The van der Waals surface area contributed by atoms with Crippen LogP contribution in [0.4, 0.5) is 5.69 Å². The summed E-state index contributed by atoms with van der Waals surface area (Å²) >= 11 is 0. The molecule has 0 bridgehead atoms. The second-order valence-corrected chi connectivity index (χ2v) is 4.41. The number of nitrogens with one attached hydrogen (secondary N) is 2. The summed E-state index contributed by atoms with van der Waals surface area (Å²) in [5.41, 5.74) is 0.717. The molecule has 1 fully saturated rings. The lowest BCUT2D eigenvalue weighted by molar-refractivity contribution is -0.126. The van der Waals surface area contributed by atoms with Gasteiger partial charge in [-0.1, -0.05) is 0 Å². The first kappa shape index (κ1) is 13.1. The summed E-state index contributed by atoms with van der Waals surface area (Å²) < 4.78 is 0. The van der Waals surface area contributed by atoms with Gasteiger partial charge in [-0.3, -0.25) is 9.59 Å². The normalized spacial score (nSPS) is 18.5. The zero-order valence-electron chi connectivity index (χ0n) is 10.2. The van der Waals surface area contributed by atoms with Gasteiger partial charge in [0.15, 0.2) is 0 Å². The van der Waals surface area contributed by atoms with Crippen molar-refractivity contribution in [3.05, 3.63) is 29.8 Å². The molecule has 0 saturated carbocycles. The fraction of sp³-hybridized carbons (Fsp3) is 0.308. The maximum absolute atomic E-state index is 11.9. The van der Waals surface area contributed by atoms with E-state index in [9.17, 15) is 14.4 Å². The lowest BCUT2D eigenvalue weighted by Crippen LogP contribution is -2.40. The van der Waals surface area contributed by atoms with Gasteiger partial charge in [0.05, 0.1) is 11.5 Å². The Morgan fingerprint density at radius 1 is 1.26 bits per heavy atom. The van der Waals surface area contributed by atoms with Crippen molar-refractivity contribution in [1.82, 2.24) is 5.32 Å². The second-order valence-electron chi connectivity index (χ2n) is 4.41. The molecule has 0 aromatic heterocycles. The van der Waals surface area contributed by atoms with E-state index in [2.05, 4.69) is 10.6 Å². The largest absolute Gasteiger partial charge is 0.478 e. The highest BCUT2D eigenvalue weighted by molar-refractivity contribution is 5.95. The highest BCUT2D eigenvalue weighted by atomic mass is 16.4. The number of anilines is 1. The minimum atomic E-state index is -1.01. The van der Waals surface area contributed by atoms with Crippen LogP contribution in [0, 0.1) is 5.92 Å². The molecule has 2 rings (SSSR count). The minimum Gasteiger partial charge on any atom is -0.478 e. The monoisotopic (exact) mass is 262 g/mol. The van der Waals surface area contributed by atoms with Crippen LogP contribution in [0.2, 0.25) is 0 Å². The molecule has 1 aliphatic rings. The molecule has 1 heterocycles. The van der Waals surface area contributed by atoms with Crippen LogP contribution in [0.25, 0.3) is 0 Å². The van der Waals surface area contributed by atoms with Crippen LogP contribution in [0.3, 0.4) is 0 Å². The van der Waals surface area contributed by atoms with Crippen molar-refractivity contribution < 1.29 is 19.5 Å². The first-order valence-corrected chi connectivity index (χ1v) is 5.97. The highest BCUT2D eigenvalue weighted by Crippen LogP contribution is 2.15. The molecule has 1 atom stereocenters. The highest BCUT2D eigenvalue weighted by Gasteiger charge is 2.24. The second kappa shape index (κ2) is 5.51. The molecule has 1 aliphatic heterocycles. The zero-order chi connectivity index (χ0) is 13.8. The van der Waals surface area contributed by atoms with Gasteiger partial charge in [-0.05, 0) is 30.7 Å². The molecule has 0 spiro atoms. The minimum absolute atomic E-state index is 0.0325. The van der Waals surface area contributed by atoms with Crippen LogP contribution in [0.5, 0.6) is 0 Å². The number of hydrogen-bond donors (Lipinski definition) is 3. The SMILES string of the molecule is O=C1CCC(C(=O)Nc2ccc(C(=O)O)cc2)CN1. The van der Waals surface area contributed by atoms with Gasteiger partial charge in [-0.2, -0.15) is 0 Å². The molecular weight excluding hydrogens is 248 g/mol. The number of carbonyl (C=O) groups excluding carboxylic acids is 2. The predicted octanol–water partition coefficient (Wildman–Crippen LogP) is 0.849. The van der Waals surface area contributed by atoms with Gasteiger partial charge >= 0.3 is 5.97 Å². The molecule has 1 aromatic rings. The lowest BCUT2D eigenvalue weighted by Gasteiger charge is -2.21. The maximum atomic E-state index is 11.9. The third-order valence-electron chi connectivity index (χ3n) is 3.04. The van der Waals surface area contributed by atoms with E-state index in [4.69, 9.17) is 5.11 Å². The van der Waals surface area contributed by atoms with E-state index in [0.717, 1.165) is 0 Å². The first-order valence-electron chi connectivity index (χ1n) is 5.97. The number of carboxylic acid groups (broad SMARTS) is 1. The topological polar surface area (TPSA) is 95.5 Å². The summed E-state index contributed by atoms with van der Waals surface area (Å²) in [5.74, 6) is -1.44. The number of aromatic carboxylic acids is 1. The average molecular weight is 262 g/mol. The maximum Gasteiger partial charge on any atom is 0.335 e. The van der Waals surface area contributed by atoms with E-state index >= 15 is 0 Å². The van der Waals surface area contributed by atoms with Gasteiger partial charge < -0.3 is 15.7 Å². The Balaban J connectivity index is 1.95. The Labute approximate surface area is 109 Å². The van der Waals surface area contributed by atoms with Crippen molar-refractivity contribution in [2.75, 3.05) is 11.9 Å². The molecule has 0 radical (unpaired) electrons. The van der Waals surface area contributed by atoms with Crippen molar-refractivity contribution >= 4 is 23.5 Å². The Bertz CT molecular complexity index is 500. The zero-order valence-corrected chi connectivity index (χ0v) is 10.2. The Hall–Kier alpha value is -2.37. The summed E-state index contributed by atoms with van der Waals surface area (Å²) in [6.45, 7) is 0.345. The average Bonchev–Trinajstić information content (AvgIpc) is 2.40. The predicted molar refractivity (Wildman–Crippen MR) is 67.8 cm³/mol. The van der Waals surface area contributed by atoms with Crippen molar-refractivity contribution in [1.29, 1.82) is 0 Å². The third kappa shape index (κ3) is 3.31. The number of hydrogen-bond acceptors (Lipinski definition) is 3. The molecule has 1 saturated heterocycles. The van der Waals surface area contributed by atoms with E-state index in [0.29, 0.717) is 25.1 Å². The summed E-state index contributed by atoms with van der Waals surface area (Å²) in [4.78, 5) is 33.6. The Kier molecular flexibility index (Phi) is 3.79. The summed E-state index contributed by atoms with van der Waals surface area (Å²) in [5, 5.41) is 14.1. The van der Waals surface area contributed by atoms with Gasteiger partial charge in [0, 0.05) is 18.7 Å². The van der Waals surface area contributed by atoms with Crippen LogP contribution in [0.15, 0.2) is 24.3 Å². The van der Waals surface area contributed by atoms with Gasteiger partial charge in [-0.25, -0.2) is 4.79 Å². The molecule has 1 aromatic carbocycles. The molecule has 2 amide bonds. The summed E-state index contributed by atoms with van der Waals surface area (Å²) in [7, 11) is 0. The van der Waals surface area contributed by atoms with Crippen molar-refractivity contribution in [3.8, 4) is 0 Å². The van der Waals surface area contributed by atoms with E-state index in [1.54, 1.807) is 12.1 Å². The fourth-order valence-electron chi connectivity index (χ4n) is 1.90. The summed E-state index contributed by atoms with van der Waals surface area (Å²) in [6, 6.07) is 5.95. The summed E-state index contributed by atoms with van der Waals surface area (Å²) in [6.07, 6.45) is 0.890. The van der Waals surface area contributed by atoms with Gasteiger partial charge in [-0.15, -0.1) is 0 Å². The van der Waals surface area contributed by atoms with E-state index < -0.39 is 5.97 Å². The number of amides is 2. The van der Waals surface area contributed by atoms with Crippen molar-refractivity contribution in [2.24, 2.45) is 5.92 Å². The van der Waals surface area contributed by atoms with Crippen LogP contribution < -0.4 is 10.6 Å². The Morgan fingerprint density at radius 2 is 1.95 bits per heavy atom. The lowest BCUT2D eigenvalue weighted by atomic mass is 9.98. The molecule has 6 heteroatoms.